The van der Waals surface area contributed by atoms with Crippen molar-refractivity contribution in [2.45, 2.75) is 58.7 Å². The van der Waals surface area contributed by atoms with Crippen molar-refractivity contribution in [3.63, 3.8) is 0 Å². The minimum absolute atomic E-state index is 0.141. The van der Waals surface area contributed by atoms with E-state index in [0.29, 0.717) is 6.04 Å². The molecular formula is C15H27N3O2S. The Morgan fingerprint density at radius 1 is 1.52 bits per heavy atom. The predicted octanol–water partition coefficient (Wildman–Crippen LogP) is 3.78. The predicted molar refractivity (Wildman–Crippen MR) is 87.7 cm³/mol. The Labute approximate surface area is 131 Å². The molecule has 1 aromatic heterocycles. The number of nitrogens with one attached hydrogen (secondary N) is 1. The third-order valence-electron chi connectivity index (χ3n) is 3.10. The number of aromatic nitrogens is 2. The highest BCUT2D eigenvalue weighted by atomic mass is 32.2. The van der Waals surface area contributed by atoms with Crippen molar-refractivity contribution in [3.8, 4) is 0 Å². The van der Waals surface area contributed by atoms with Crippen LogP contribution in [0.25, 0.3) is 0 Å². The molecule has 2 atom stereocenters. The van der Waals surface area contributed by atoms with Crippen molar-refractivity contribution >= 4 is 17.9 Å². The molecule has 6 heteroatoms. The summed E-state index contributed by atoms with van der Waals surface area (Å²) in [6, 6.07) is 0.249. The quantitative estimate of drug-likeness (QED) is 0.868. The van der Waals surface area contributed by atoms with Gasteiger partial charge in [-0.3, -0.25) is 0 Å². The summed E-state index contributed by atoms with van der Waals surface area (Å²) in [6.45, 7) is 9.67. The standard InChI is InChI=1S/C15H27N3O2S/c1-7-12(9-21-6)18-10-16-8-13(18)11(2)17-14(19)20-15(3,4)5/h8,10-12H,7,9H2,1-6H3,(H,17,19)/t11-,12?/m0/s1. The van der Waals surface area contributed by atoms with E-state index >= 15 is 0 Å². The van der Waals surface area contributed by atoms with Gasteiger partial charge in [0.15, 0.2) is 0 Å². The number of imidazole rings is 1. The number of carbonyl (C=O) groups is 1. The van der Waals surface area contributed by atoms with E-state index in [-0.39, 0.29) is 6.04 Å². The molecule has 0 radical (unpaired) electrons. The Morgan fingerprint density at radius 3 is 2.71 bits per heavy atom. The number of ether oxygens (including phenoxy) is 1. The zero-order valence-electron chi connectivity index (χ0n) is 13.8. The largest absolute Gasteiger partial charge is 0.444 e. The van der Waals surface area contributed by atoms with Crippen molar-refractivity contribution in [2.75, 3.05) is 12.0 Å². The monoisotopic (exact) mass is 313 g/mol. The van der Waals surface area contributed by atoms with Gasteiger partial charge in [0.2, 0.25) is 0 Å². The normalized spacial score (nSPS) is 14.6. The molecule has 5 nitrogen and oxygen atoms in total. The molecule has 0 fully saturated rings. The number of nitrogens with zero attached hydrogens (tertiary/aromatic N) is 2. The third-order valence-corrected chi connectivity index (χ3v) is 3.81. The van der Waals surface area contributed by atoms with Crippen LogP contribution in [0.1, 0.15) is 58.8 Å². The number of rotatable bonds is 6. The number of amides is 1. The second kappa shape index (κ2) is 7.73. The van der Waals surface area contributed by atoms with Gasteiger partial charge in [0, 0.05) is 11.8 Å². The van der Waals surface area contributed by atoms with Crippen LogP contribution in [0.3, 0.4) is 0 Å². The van der Waals surface area contributed by atoms with E-state index in [1.807, 2.05) is 52.0 Å². The Morgan fingerprint density at radius 2 is 2.19 bits per heavy atom. The van der Waals surface area contributed by atoms with Crippen LogP contribution in [0.5, 0.6) is 0 Å². The molecule has 1 N–H and O–H groups in total. The molecule has 1 heterocycles. The van der Waals surface area contributed by atoms with Gasteiger partial charge < -0.3 is 14.6 Å². The van der Waals surface area contributed by atoms with Crippen molar-refractivity contribution < 1.29 is 9.53 Å². The molecule has 0 saturated carbocycles. The van der Waals surface area contributed by atoms with E-state index in [9.17, 15) is 4.79 Å². The first-order valence-electron chi connectivity index (χ1n) is 7.28. The summed E-state index contributed by atoms with van der Waals surface area (Å²) < 4.78 is 7.45. The molecule has 0 spiro atoms. The number of hydrogen-bond acceptors (Lipinski definition) is 4. The zero-order chi connectivity index (χ0) is 16.0. The molecule has 0 aliphatic heterocycles. The Balaban J connectivity index is 2.77. The van der Waals surface area contributed by atoms with Gasteiger partial charge in [0.25, 0.3) is 0 Å². The molecule has 0 saturated heterocycles. The fourth-order valence-electron chi connectivity index (χ4n) is 2.10. The second-order valence-corrected chi connectivity index (χ2v) is 7.02. The lowest BCUT2D eigenvalue weighted by Crippen LogP contribution is -2.35. The zero-order valence-corrected chi connectivity index (χ0v) is 14.7. The highest BCUT2D eigenvalue weighted by molar-refractivity contribution is 7.98. The maximum absolute atomic E-state index is 11.9. The van der Waals surface area contributed by atoms with E-state index < -0.39 is 11.7 Å². The summed E-state index contributed by atoms with van der Waals surface area (Å²) in [5.74, 6) is 1.03. The number of carbonyl (C=O) groups excluding carboxylic acids is 1. The fraction of sp³-hybridized carbons (Fsp3) is 0.733. The summed E-state index contributed by atoms with van der Waals surface area (Å²) >= 11 is 1.81. The molecule has 0 aliphatic carbocycles. The van der Waals surface area contributed by atoms with Crippen LogP contribution >= 0.6 is 11.8 Å². The molecule has 21 heavy (non-hydrogen) atoms. The minimum Gasteiger partial charge on any atom is -0.444 e. The van der Waals surface area contributed by atoms with Crippen molar-refractivity contribution in [3.05, 3.63) is 18.2 Å². The van der Waals surface area contributed by atoms with Gasteiger partial charge in [-0.2, -0.15) is 11.8 Å². The van der Waals surface area contributed by atoms with E-state index in [1.165, 1.54) is 0 Å². The van der Waals surface area contributed by atoms with Crippen LogP contribution in [0.2, 0.25) is 0 Å². The molecule has 1 rings (SSSR count). The molecule has 120 valence electrons. The van der Waals surface area contributed by atoms with E-state index in [0.717, 1.165) is 17.9 Å². The first-order chi connectivity index (χ1) is 9.78. The van der Waals surface area contributed by atoms with Crippen LogP contribution in [-0.4, -0.2) is 33.3 Å². The van der Waals surface area contributed by atoms with E-state index in [2.05, 4.69) is 28.0 Å². The van der Waals surface area contributed by atoms with Crippen LogP contribution < -0.4 is 5.32 Å². The Kier molecular flexibility index (Phi) is 6.58. The van der Waals surface area contributed by atoms with Crippen molar-refractivity contribution in [2.24, 2.45) is 0 Å². The lowest BCUT2D eigenvalue weighted by atomic mass is 10.2. The Bertz CT molecular complexity index is 454. The van der Waals surface area contributed by atoms with Crippen molar-refractivity contribution in [1.82, 2.24) is 14.9 Å². The lowest BCUT2D eigenvalue weighted by Gasteiger charge is -2.24. The first-order valence-corrected chi connectivity index (χ1v) is 8.68. The molecule has 0 aliphatic rings. The summed E-state index contributed by atoms with van der Waals surface area (Å²) in [7, 11) is 0. The maximum Gasteiger partial charge on any atom is 0.408 e. The lowest BCUT2D eigenvalue weighted by molar-refractivity contribution is 0.0506. The highest BCUT2D eigenvalue weighted by Gasteiger charge is 2.21. The first kappa shape index (κ1) is 17.9. The number of thioether (sulfide) groups is 1. The smallest absolute Gasteiger partial charge is 0.408 e. The number of hydrogen-bond donors (Lipinski definition) is 1. The highest BCUT2D eigenvalue weighted by Crippen LogP contribution is 2.22. The summed E-state index contributed by atoms with van der Waals surface area (Å²) in [5.41, 5.74) is 0.510. The van der Waals surface area contributed by atoms with E-state index in [4.69, 9.17) is 4.74 Å². The molecule has 1 aromatic rings. The second-order valence-electron chi connectivity index (χ2n) is 6.11. The van der Waals surface area contributed by atoms with Gasteiger partial charge >= 0.3 is 6.09 Å². The SMILES string of the molecule is CCC(CSC)n1cncc1[C@H](C)NC(=O)OC(C)(C)C. The van der Waals surface area contributed by atoms with Crippen LogP contribution in [0.4, 0.5) is 4.79 Å². The Hall–Kier alpha value is -1.17. The van der Waals surface area contributed by atoms with E-state index in [1.54, 1.807) is 0 Å². The van der Waals surface area contributed by atoms with Gasteiger partial charge in [-0.15, -0.1) is 0 Å². The van der Waals surface area contributed by atoms with Gasteiger partial charge in [-0.05, 0) is 40.4 Å². The van der Waals surface area contributed by atoms with Crippen molar-refractivity contribution in [1.29, 1.82) is 0 Å². The summed E-state index contributed by atoms with van der Waals surface area (Å²) in [6.07, 6.45) is 6.38. The average molecular weight is 313 g/mol. The van der Waals surface area contributed by atoms with Crippen LogP contribution in [0.15, 0.2) is 12.5 Å². The minimum atomic E-state index is -0.491. The number of alkyl carbamates (subject to hydrolysis) is 1. The molecule has 0 aromatic carbocycles. The summed E-state index contributed by atoms with van der Waals surface area (Å²) in [4.78, 5) is 16.1. The maximum atomic E-state index is 11.9. The fourth-order valence-corrected chi connectivity index (χ4v) is 2.88. The molecular weight excluding hydrogens is 286 g/mol. The van der Waals surface area contributed by atoms with Gasteiger partial charge in [-0.1, -0.05) is 6.92 Å². The summed E-state index contributed by atoms with van der Waals surface area (Å²) in [5, 5.41) is 2.87. The van der Waals surface area contributed by atoms with Crippen LogP contribution in [0, 0.1) is 0 Å². The molecule has 1 amide bonds. The van der Waals surface area contributed by atoms with Gasteiger partial charge in [-0.25, -0.2) is 9.78 Å². The van der Waals surface area contributed by atoms with Gasteiger partial charge in [0.05, 0.1) is 24.3 Å². The van der Waals surface area contributed by atoms with Gasteiger partial charge in [0.1, 0.15) is 5.60 Å². The van der Waals surface area contributed by atoms with Crippen LogP contribution in [-0.2, 0) is 4.74 Å². The average Bonchev–Trinajstić information content (AvgIpc) is 2.82. The molecule has 0 bridgehead atoms. The third kappa shape index (κ3) is 5.61. The topological polar surface area (TPSA) is 56.2 Å². The molecule has 1 unspecified atom stereocenters.